The first kappa shape index (κ1) is 11.9. The summed E-state index contributed by atoms with van der Waals surface area (Å²) in [6.45, 7) is 3.13. The Morgan fingerprint density at radius 3 is 1.75 bits per heavy atom. The molecule has 0 spiro atoms. The van der Waals surface area contributed by atoms with E-state index in [1.807, 2.05) is 0 Å². The first-order chi connectivity index (χ1) is 3.41. The van der Waals surface area contributed by atoms with E-state index in [0.29, 0.717) is 13.1 Å². The van der Waals surface area contributed by atoms with Crippen molar-refractivity contribution in [3.8, 4) is 0 Å². The fourth-order valence-corrected chi connectivity index (χ4v) is 0.329. The second-order valence-corrected chi connectivity index (χ2v) is 1.33. The minimum Gasteiger partial charge on any atom is -1.00 e. The molecule has 5 N–H and O–H groups in total. The maximum atomic E-state index is 5.17. The Kier molecular flexibility index (Phi) is 16.3. The molecule has 0 aromatic heterocycles. The smallest absolute Gasteiger partial charge is 1.00 e. The van der Waals surface area contributed by atoms with Crippen molar-refractivity contribution in [2.24, 2.45) is 11.5 Å². The summed E-state index contributed by atoms with van der Waals surface area (Å²) >= 11 is 0. The summed E-state index contributed by atoms with van der Waals surface area (Å²) in [5, 5.41) is 3.03. The molecular weight excluding hydrogens is 130 g/mol. The van der Waals surface area contributed by atoms with Crippen molar-refractivity contribution in [2.45, 2.75) is 0 Å². The Bertz CT molecular complexity index is 37.7. The Morgan fingerprint density at radius 1 is 1.12 bits per heavy atom. The molecule has 0 fully saturated rings. The zero-order valence-electron chi connectivity index (χ0n) is 7.19. The molecule has 0 aliphatic carbocycles. The molecular formula is C4H15CaN3. The van der Waals surface area contributed by atoms with Crippen LogP contribution in [-0.4, -0.2) is 63.9 Å². The van der Waals surface area contributed by atoms with Crippen molar-refractivity contribution < 1.29 is 2.85 Å². The molecule has 0 aromatic carbocycles. The third kappa shape index (κ3) is 10.2. The SMILES string of the molecule is NCCNCCN.[Ca+2].[H-].[H-]. The predicted octanol–water partition coefficient (Wildman–Crippen LogP) is -1.66. The fourth-order valence-electron chi connectivity index (χ4n) is 0.329. The first-order valence-electron chi connectivity index (χ1n) is 2.52. The number of nitrogens with one attached hydrogen (secondary N) is 1. The van der Waals surface area contributed by atoms with Crippen LogP contribution < -0.4 is 16.8 Å². The molecule has 48 valence electrons. The van der Waals surface area contributed by atoms with Gasteiger partial charge in [-0.2, -0.15) is 0 Å². The van der Waals surface area contributed by atoms with E-state index in [1.54, 1.807) is 0 Å². The molecule has 0 aliphatic heterocycles. The van der Waals surface area contributed by atoms with Crippen LogP contribution in [0.5, 0.6) is 0 Å². The third-order valence-corrected chi connectivity index (χ3v) is 0.642. The van der Waals surface area contributed by atoms with Gasteiger partial charge in [-0.05, 0) is 0 Å². The van der Waals surface area contributed by atoms with Crippen molar-refractivity contribution in [1.82, 2.24) is 5.32 Å². The van der Waals surface area contributed by atoms with Crippen molar-refractivity contribution in [3.63, 3.8) is 0 Å². The number of hydrogen-bond donors (Lipinski definition) is 3. The Hall–Kier alpha value is 1.14. The zero-order chi connectivity index (χ0) is 5.54. The van der Waals surface area contributed by atoms with E-state index in [0.717, 1.165) is 13.1 Å². The molecule has 0 rings (SSSR count). The molecule has 0 bridgehead atoms. The molecule has 4 heteroatoms. The largest absolute Gasteiger partial charge is 2.00 e. The summed E-state index contributed by atoms with van der Waals surface area (Å²) in [6.07, 6.45) is 0. The minimum absolute atomic E-state index is 0. The predicted molar refractivity (Wildman–Crippen MR) is 39.0 cm³/mol. The van der Waals surface area contributed by atoms with Gasteiger partial charge in [-0.25, -0.2) is 0 Å². The van der Waals surface area contributed by atoms with E-state index in [-0.39, 0.29) is 40.6 Å². The van der Waals surface area contributed by atoms with Crippen molar-refractivity contribution in [2.75, 3.05) is 26.2 Å². The maximum Gasteiger partial charge on any atom is 2.00 e. The van der Waals surface area contributed by atoms with Crippen molar-refractivity contribution in [1.29, 1.82) is 0 Å². The second kappa shape index (κ2) is 11.0. The summed E-state index contributed by atoms with van der Waals surface area (Å²) in [7, 11) is 0. The van der Waals surface area contributed by atoms with Gasteiger partial charge in [0, 0.05) is 26.2 Å². The minimum atomic E-state index is 0. The van der Waals surface area contributed by atoms with Gasteiger partial charge in [0.05, 0.1) is 0 Å². The molecule has 0 aromatic rings. The van der Waals surface area contributed by atoms with Crippen LogP contribution in [0, 0.1) is 0 Å². The molecule has 3 nitrogen and oxygen atoms in total. The standard InChI is InChI=1S/C4H13N3.Ca.2H/c5-1-3-7-4-2-6;;;/h7H,1-6H2;;;/q;+2;2*-1. The van der Waals surface area contributed by atoms with E-state index in [1.165, 1.54) is 0 Å². The molecule has 8 heavy (non-hydrogen) atoms. The van der Waals surface area contributed by atoms with Gasteiger partial charge in [-0.1, -0.05) is 0 Å². The molecule has 0 aliphatic rings. The number of hydrogen-bond acceptors (Lipinski definition) is 3. The monoisotopic (exact) mass is 145 g/mol. The van der Waals surface area contributed by atoms with Gasteiger partial charge in [0.25, 0.3) is 0 Å². The van der Waals surface area contributed by atoms with E-state index in [4.69, 9.17) is 11.5 Å². The van der Waals surface area contributed by atoms with Crippen LogP contribution in [0.1, 0.15) is 2.85 Å². The van der Waals surface area contributed by atoms with Crippen LogP contribution in [0.2, 0.25) is 0 Å². The van der Waals surface area contributed by atoms with Crippen LogP contribution in [0.3, 0.4) is 0 Å². The molecule has 0 saturated heterocycles. The second-order valence-electron chi connectivity index (χ2n) is 1.33. The van der Waals surface area contributed by atoms with Gasteiger partial charge in [-0.15, -0.1) is 0 Å². The summed E-state index contributed by atoms with van der Waals surface area (Å²) < 4.78 is 0. The van der Waals surface area contributed by atoms with Gasteiger partial charge >= 0.3 is 37.7 Å². The molecule has 0 heterocycles. The van der Waals surface area contributed by atoms with Gasteiger partial charge in [-0.3, -0.25) is 0 Å². The Labute approximate surface area is 83.1 Å². The van der Waals surface area contributed by atoms with E-state index in [2.05, 4.69) is 5.32 Å². The quantitative estimate of drug-likeness (QED) is 0.328. The van der Waals surface area contributed by atoms with Crippen LogP contribution in [-0.2, 0) is 0 Å². The van der Waals surface area contributed by atoms with E-state index < -0.39 is 0 Å². The Balaban J connectivity index is -0.0000000600. The van der Waals surface area contributed by atoms with Gasteiger partial charge in [0.1, 0.15) is 0 Å². The van der Waals surface area contributed by atoms with Gasteiger partial charge in [0.2, 0.25) is 0 Å². The fraction of sp³-hybridized carbons (Fsp3) is 1.00. The average Bonchev–Trinajstić information content (AvgIpc) is 1.69. The molecule has 0 radical (unpaired) electrons. The molecule has 0 amide bonds. The normalized spacial score (nSPS) is 8.25. The maximum absolute atomic E-state index is 5.17. The molecule has 0 saturated carbocycles. The Morgan fingerprint density at radius 2 is 1.50 bits per heavy atom. The first-order valence-corrected chi connectivity index (χ1v) is 2.52. The topological polar surface area (TPSA) is 64.1 Å². The third-order valence-electron chi connectivity index (χ3n) is 0.642. The molecule has 0 unspecified atom stereocenters. The summed E-state index contributed by atoms with van der Waals surface area (Å²) in [4.78, 5) is 0. The van der Waals surface area contributed by atoms with Gasteiger partial charge < -0.3 is 19.6 Å². The van der Waals surface area contributed by atoms with Crippen LogP contribution in [0.4, 0.5) is 0 Å². The number of rotatable bonds is 4. The average molecular weight is 145 g/mol. The van der Waals surface area contributed by atoms with Crippen LogP contribution in [0.25, 0.3) is 0 Å². The molecule has 0 atom stereocenters. The summed E-state index contributed by atoms with van der Waals surface area (Å²) in [6, 6.07) is 0. The van der Waals surface area contributed by atoms with Crippen LogP contribution >= 0.6 is 0 Å². The number of nitrogens with two attached hydrogens (primary N) is 2. The summed E-state index contributed by atoms with van der Waals surface area (Å²) in [5.74, 6) is 0. The van der Waals surface area contributed by atoms with Gasteiger partial charge in [0.15, 0.2) is 0 Å². The van der Waals surface area contributed by atoms with Crippen molar-refractivity contribution >= 4 is 37.7 Å². The van der Waals surface area contributed by atoms with E-state index >= 15 is 0 Å². The summed E-state index contributed by atoms with van der Waals surface area (Å²) in [5.41, 5.74) is 10.3. The van der Waals surface area contributed by atoms with Crippen molar-refractivity contribution in [3.05, 3.63) is 0 Å². The zero-order valence-corrected chi connectivity index (χ0v) is 7.40. The van der Waals surface area contributed by atoms with Crippen LogP contribution in [0.15, 0.2) is 0 Å². The van der Waals surface area contributed by atoms with E-state index in [9.17, 15) is 0 Å².